The molecule has 78 valence electrons. The van der Waals surface area contributed by atoms with E-state index in [4.69, 9.17) is 4.74 Å². The van der Waals surface area contributed by atoms with Gasteiger partial charge in [0.25, 0.3) is 0 Å². The molecule has 0 aliphatic carbocycles. The fourth-order valence-corrected chi connectivity index (χ4v) is 1.62. The second-order valence-corrected chi connectivity index (χ2v) is 4.15. The van der Waals surface area contributed by atoms with Crippen LogP contribution in [0.25, 0.3) is 0 Å². The molecule has 1 aliphatic heterocycles. The maximum atomic E-state index is 11.1. The number of ether oxygens (including phenoxy) is 1. The molecule has 1 aliphatic rings. The van der Waals surface area contributed by atoms with E-state index in [1.807, 2.05) is 31.2 Å². The number of halogens is 1. The normalized spacial score (nSPS) is 15.5. The summed E-state index contributed by atoms with van der Waals surface area (Å²) >= 11 is 3.18. The van der Waals surface area contributed by atoms with Crippen molar-refractivity contribution < 1.29 is 9.53 Å². The number of rotatable bonds is 2. The van der Waals surface area contributed by atoms with Crippen molar-refractivity contribution in [3.05, 3.63) is 40.0 Å². The number of hydrogen-bond donors (Lipinski definition) is 1. The summed E-state index contributed by atoms with van der Waals surface area (Å²) < 4.78 is 5.33. The van der Waals surface area contributed by atoms with Crippen LogP contribution in [0, 0.1) is 6.92 Å². The molecule has 2 rings (SSSR count). The van der Waals surface area contributed by atoms with Gasteiger partial charge in [-0.05, 0) is 35.0 Å². The molecule has 1 aromatic rings. The van der Waals surface area contributed by atoms with Crippen molar-refractivity contribution in [1.82, 2.24) is 0 Å². The van der Waals surface area contributed by atoms with Crippen LogP contribution in [0.1, 0.15) is 5.56 Å². The number of carbonyl (C=O) groups is 1. The number of anilines is 1. The first kappa shape index (κ1) is 10.2. The molecule has 4 heteroatoms. The average molecular weight is 268 g/mol. The lowest BCUT2D eigenvalue weighted by atomic mass is 10.2. The molecule has 0 fully saturated rings. The molecule has 0 saturated heterocycles. The minimum Gasteiger partial charge on any atom is -0.455 e. The van der Waals surface area contributed by atoms with E-state index in [1.165, 1.54) is 5.56 Å². The summed E-state index contributed by atoms with van der Waals surface area (Å²) in [6, 6.07) is 7.94. The Labute approximate surface area is 96.3 Å². The number of carbonyl (C=O) groups excluding carboxylic acids is 1. The topological polar surface area (TPSA) is 38.3 Å². The maximum Gasteiger partial charge on any atom is 0.347 e. The molecule has 0 bridgehead atoms. The first-order valence-electron chi connectivity index (χ1n) is 4.56. The summed E-state index contributed by atoms with van der Waals surface area (Å²) in [7, 11) is 0. The molecule has 1 aromatic carbocycles. The Morgan fingerprint density at radius 3 is 2.53 bits per heavy atom. The highest BCUT2D eigenvalue weighted by atomic mass is 79.9. The van der Waals surface area contributed by atoms with Crippen LogP contribution in [-0.2, 0) is 9.53 Å². The van der Waals surface area contributed by atoms with Gasteiger partial charge in [0, 0.05) is 5.69 Å². The monoisotopic (exact) mass is 267 g/mol. The predicted molar refractivity (Wildman–Crippen MR) is 61.7 cm³/mol. The first-order chi connectivity index (χ1) is 7.16. The smallest absolute Gasteiger partial charge is 0.347 e. The zero-order valence-electron chi connectivity index (χ0n) is 8.21. The third-order valence-corrected chi connectivity index (χ3v) is 2.94. The van der Waals surface area contributed by atoms with Gasteiger partial charge in [0.15, 0.2) is 0 Å². The van der Waals surface area contributed by atoms with E-state index in [2.05, 4.69) is 21.2 Å². The van der Waals surface area contributed by atoms with Gasteiger partial charge in [0.05, 0.1) is 5.70 Å². The fourth-order valence-electron chi connectivity index (χ4n) is 1.29. The molecular weight excluding hydrogens is 258 g/mol. The molecule has 1 N–H and O–H groups in total. The Morgan fingerprint density at radius 1 is 1.33 bits per heavy atom. The summed E-state index contributed by atoms with van der Waals surface area (Å²) in [6.45, 7) is 2.33. The van der Waals surface area contributed by atoms with E-state index in [9.17, 15) is 4.79 Å². The zero-order chi connectivity index (χ0) is 10.8. The summed E-state index contributed by atoms with van der Waals surface area (Å²) in [5, 5.41) is 3.14. The van der Waals surface area contributed by atoms with Gasteiger partial charge < -0.3 is 10.1 Å². The van der Waals surface area contributed by atoms with Crippen molar-refractivity contribution in [3.63, 3.8) is 0 Å². The summed E-state index contributed by atoms with van der Waals surface area (Å²) in [4.78, 5) is 11.1. The van der Waals surface area contributed by atoms with E-state index >= 15 is 0 Å². The molecular formula is C11H10BrNO2. The van der Waals surface area contributed by atoms with Crippen LogP contribution in [0.5, 0.6) is 0 Å². The molecule has 15 heavy (non-hydrogen) atoms. The third kappa shape index (κ3) is 2.21. The summed E-state index contributed by atoms with van der Waals surface area (Å²) in [5.74, 6) is -0.315. The van der Waals surface area contributed by atoms with Gasteiger partial charge in [0.1, 0.15) is 11.1 Å². The zero-order valence-corrected chi connectivity index (χ0v) is 9.80. The van der Waals surface area contributed by atoms with Gasteiger partial charge >= 0.3 is 5.97 Å². The summed E-state index contributed by atoms with van der Waals surface area (Å²) in [6.07, 6.45) is 0. The van der Waals surface area contributed by atoms with Crippen LogP contribution < -0.4 is 5.32 Å². The van der Waals surface area contributed by atoms with Gasteiger partial charge in [0.2, 0.25) is 0 Å². The highest BCUT2D eigenvalue weighted by Gasteiger charge is 2.22. The van der Waals surface area contributed by atoms with Crippen LogP contribution in [0.3, 0.4) is 0 Å². The number of benzene rings is 1. The fraction of sp³-hybridized carbons (Fsp3) is 0.182. The lowest BCUT2D eigenvalue weighted by Crippen LogP contribution is -2.01. The summed E-state index contributed by atoms with van der Waals surface area (Å²) in [5.41, 5.74) is 2.92. The molecule has 0 radical (unpaired) electrons. The van der Waals surface area contributed by atoms with Crippen molar-refractivity contribution in [2.45, 2.75) is 6.92 Å². The van der Waals surface area contributed by atoms with Crippen molar-refractivity contribution in [2.75, 3.05) is 11.9 Å². The maximum absolute atomic E-state index is 11.1. The van der Waals surface area contributed by atoms with E-state index in [0.717, 1.165) is 11.4 Å². The lowest BCUT2D eigenvalue weighted by Gasteiger charge is -2.06. The number of nitrogens with one attached hydrogen (secondary N) is 1. The minimum atomic E-state index is -0.315. The number of aryl methyl sites for hydroxylation is 1. The first-order valence-corrected chi connectivity index (χ1v) is 5.35. The molecule has 0 atom stereocenters. The molecule has 0 aromatic heterocycles. The van der Waals surface area contributed by atoms with Gasteiger partial charge in [-0.25, -0.2) is 4.79 Å². The van der Waals surface area contributed by atoms with E-state index in [1.54, 1.807) is 0 Å². The Hall–Kier alpha value is -1.29. The average Bonchev–Trinajstić information content (AvgIpc) is 2.53. The van der Waals surface area contributed by atoms with Gasteiger partial charge in [-0.15, -0.1) is 0 Å². The Balaban J connectivity index is 2.16. The van der Waals surface area contributed by atoms with Gasteiger partial charge in [-0.1, -0.05) is 17.7 Å². The van der Waals surface area contributed by atoms with E-state index in [-0.39, 0.29) is 5.97 Å². The molecule has 0 saturated carbocycles. The SMILES string of the molecule is Cc1ccc(NC2=C(Br)C(=O)OC2)cc1. The second-order valence-electron chi connectivity index (χ2n) is 3.36. The Kier molecular flexibility index (Phi) is 2.77. The van der Waals surface area contributed by atoms with Crippen molar-refractivity contribution in [3.8, 4) is 0 Å². The predicted octanol–water partition coefficient (Wildman–Crippen LogP) is 2.57. The number of esters is 1. The van der Waals surface area contributed by atoms with Crippen LogP contribution in [0.4, 0.5) is 5.69 Å². The number of cyclic esters (lactones) is 1. The van der Waals surface area contributed by atoms with E-state index < -0.39 is 0 Å². The van der Waals surface area contributed by atoms with Crippen LogP contribution in [0.15, 0.2) is 34.4 Å². The molecule has 0 unspecified atom stereocenters. The highest BCUT2D eigenvalue weighted by Crippen LogP contribution is 2.23. The Morgan fingerprint density at radius 2 is 2.00 bits per heavy atom. The van der Waals surface area contributed by atoms with Crippen molar-refractivity contribution >= 4 is 27.6 Å². The molecule has 0 spiro atoms. The van der Waals surface area contributed by atoms with Crippen LogP contribution in [0.2, 0.25) is 0 Å². The van der Waals surface area contributed by atoms with Crippen molar-refractivity contribution in [2.24, 2.45) is 0 Å². The highest BCUT2D eigenvalue weighted by molar-refractivity contribution is 9.12. The molecule has 3 nitrogen and oxygen atoms in total. The second kappa shape index (κ2) is 4.06. The molecule has 0 amide bonds. The minimum absolute atomic E-state index is 0.299. The Bertz CT molecular complexity index is 423. The third-order valence-electron chi connectivity index (χ3n) is 2.14. The van der Waals surface area contributed by atoms with Gasteiger partial charge in [-0.2, -0.15) is 0 Å². The van der Waals surface area contributed by atoms with Crippen LogP contribution >= 0.6 is 15.9 Å². The van der Waals surface area contributed by atoms with Crippen molar-refractivity contribution in [1.29, 1.82) is 0 Å². The lowest BCUT2D eigenvalue weighted by molar-refractivity contribution is -0.135. The number of hydrogen-bond acceptors (Lipinski definition) is 3. The quantitative estimate of drug-likeness (QED) is 0.838. The van der Waals surface area contributed by atoms with Crippen LogP contribution in [-0.4, -0.2) is 12.6 Å². The largest absolute Gasteiger partial charge is 0.455 e. The van der Waals surface area contributed by atoms with E-state index in [0.29, 0.717) is 11.1 Å². The van der Waals surface area contributed by atoms with Gasteiger partial charge in [-0.3, -0.25) is 0 Å². The standard InChI is InChI=1S/C11H10BrNO2/c1-7-2-4-8(5-3-7)13-9-6-15-11(14)10(9)12/h2-5,13H,6H2,1H3. The molecule has 1 heterocycles.